The van der Waals surface area contributed by atoms with E-state index in [9.17, 15) is 9.59 Å². The van der Waals surface area contributed by atoms with Gasteiger partial charge in [0.05, 0.1) is 12.6 Å². The molecule has 0 radical (unpaired) electrons. The number of hydrogen-bond acceptors (Lipinski definition) is 4. The smallest absolute Gasteiger partial charge is 0.240 e. The van der Waals surface area contributed by atoms with Gasteiger partial charge >= 0.3 is 0 Å². The van der Waals surface area contributed by atoms with Crippen LogP contribution in [0.15, 0.2) is 30.3 Å². The molecule has 0 bridgehead atoms. The highest BCUT2D eigenvalue weighted by atomic mass is 16.2. The van der Waals surface area contributed by atoms with Crippen LogP contribution in [0.2, 0.25) is 0 Å². The minimum Gasteiger partial charge on any atom is -0.355 e. The van der Waals surface area contributed by atoms with Crippen molar-refractivity contribution < 1.29 is 9.59 Å². The van der Waals surface area contributed by atoms with E-state index in [1.54, 1.807) is 0 Å². The first-order valence-electron chi connectivity index (χ1n) is 9.73. The normalized spacial score (nSPS) is 21.7. The summed E-state index contributed by atoms with van der Waals surface area (Å²) in [6.07, 6.45) is 2.03. The third kappa shape index (κ3) is 4.83. The highest BCUT2D eigenvalue weighted by Gasteiger charge is 2.34. The van der Waals surface area contributed by atoms with Gasteiger partial charge in [-0.1, -0.05) is 30.3 Å². The summed E-state index contributed by atoms with van der Waals surface area (Å²) in [7, 11) is 0. The zero-order valence-electron chi connectivity index (χ0n) is 15.7. The monoisotopic (exact) mass is 358 g/mol. The molecule has 6 heteroatoms. The van der Waals surface area contributed by atoms with Crippen LogP contribution in [0.4, 0.5) is 0 Å². The van der Waals surface area contributed by atoms with Crippen LogP contribution in [0.25, 0.3) is 0 Å². The van der Waals surface area contributed by atoms with Crippen molar-refractivity contribution in [2.75, 3.05) is 45.8 Å². The molecule has 0 aliphatic carbocycles. The van der Waals surface area contributed by atoms with Crippen molar-refractivity contribution in [3.05, 3.63) is 35.9 Å². The Kier molecular flexibility index (Phi) is 6.63. The molecule has 0 unspecified atom stereocenters. The molecular formula is C20H30N4O2. The molecule has 6 nitrogen and oxygen atoms in total. The summed E-state index contributed by atoms with van der Waals surface area (Å²) < 4.78 is 0. The molecule has 0 aromatic heterocycles. The van der Waals surface area contributed by atoms with E-state index in [2.05, 4.69) is 39.4 Å². The molecule has 142 valence electrons. The quantitative estimate of drug-likeness (QED) is 0.822. The summed E-state index contributed by atoms with van der Waals surface area (Å²) in [6, 6.07) is 10.4. The summed E-state index contributed by atoms with van der Waals surface area (Å²) in [5.41, 5.74) is 1.26. The van der Waals surface area contributed by atoms with Crippen LogP contribution in [-0.4, -0.2) is 78.4 Å². The van der Waals surface area contributed by atoms with E-state index >= 15 is 0 Å². The Labute approximate surface area is 156 Å². The van der Waals surface area contributed by atoms with Crippen molar-refractivity contribution in [3.63, 3.8) is 0 Å². The summed E-state index contributed by atoms with van der Waals surface area (Å²) >= 11 is 0. The number of rotatable bonds is 6. The number of amides is 2. The second-order valence-electron chi connectivity index (χ2n) is 7.17. The number of likely N-dealkylation sites (N-methyl/N-ethyl adjacent to an activating group) is 1. The SMILES string of the molecule is CCNC(=O)CN1CCN(C(=O)[C@H]2CCCN2Cc2ccccc2)CC1. The number of hydrogen-bond donors (Lipinski definition) is 1. The van der Waals surface area contributed by atoms with Crippen LogP contribution in [-0.2, 0) is 16.1 Å². The van der Waals surface area contributed by atoms with Crippen LogP contribution in [0.5, 0.6) is 0 Å². The lowest BCUT2D eigenvalue weighted by Crippen LogP contribution is -2.54. The fourth-order valence-corrected chi connectivity index (χ4v) is 3.91. The Morgan fingerprint density at radius 1 is 1.08 bits per heavy atom. The van der Waals surface area contributed by atoms with Gasteiger partial charge in [-0.25, -0.2) is 0 Å². The molecular weight excluding hydrogens is 328 g/mol. The molecule has 2 amide bonds. The maximum absolute atomic E-state index is 13.0. The number of nitrogens with one attached hydrogen (secondary N) is 1. The van der Waals surface area contributed by atoms with Gasteiger partial charge in [-0.3, -0.25) is 19.4 Å². The van der Waals surface area contributed by atoms with Crippen LogP contribution in [0.1, 0.15) is 25.3 Å². The first kappa shape index (κ1) is 18.9. The molecule has 1 aromatic rings. The molecule has 0 spiro atoms. The van der Waals surface area contributed by atoms with Crippen LogP contribution in [0.3, 0.4) is 0 Å². The number of benzene rings is 1. The lowest BCUT2D eigenvalue weighted by molar-refractivity contribution is -0.138. The molecule has 1 aromatic carbocycles. The summed E-state index contributed by atoms with van der Waals surface area (Å²) in [6.45, 7) is 7.83. The van der Waals surface area contributed by atoms with Gasteiger partial charge in [0.1, 0.15) is 0 Å². The first-order valence-corrected chi connectivity index (χ1v) is 9.73. The van der Waals surface area contributed by atoms with Gasteiger partial charge in [-0.2, -0.15) is 0 Å². The Morgan fingerprint density at radius 3 is 2.50 bits per heavy atom. The molecule has 3 rings (SSSR count). The minimum atomic E-state index is 0.00476. The highest BCUT2D eigenvalue weighted by molar-refractivity contribution is 5.82. The molecule has 2 fully saturated rings. The number of carbonyl (C=O) groups excluding carboxylic acids is 2. The largest absolute Gasteiger partial charge is 0.355 e. The average molecular weight is 358 g/mol. The van der Waals surface area contributed by atoms with Crippen molar-refractivity contribution >= 4 is 11.8 Å². The van der Waals surface area contributed by atoms with E-state index in [0.717, 1.165) is 39.0 Å². The first-order chi connectivity index (χ1) is 12.7. The fraction of sp³-hybridized carbons (Fsp3) is 0.600. The molecule has 2 saturated heterocycles. The maximum Gasteiger partial charge on any atom is 0.240 e. The Balaban J connectivity index is 1.50. The number of piperazine rings is 1. The van der Waals surface area contributed by atoms with Crippen LogP contribution < -0.4 is 5.32 Å². The van der Waals surface area contributed by atoms with Crippen LogP contribution >= 0.6 is 0 Å². The number of nitrogens with zero attached hydrogens (tertiary/aromatic N) is 3. The Hall–Kier alpha value is -1.92. The standard InChI is InChI=1S/C20H30N4O2/c1-2-21-19(25)16-22-11-13-23(14-12-22)20(26)18-9-6-10-24(18)15-17-7-4-3-5-8-17/h3-5,7-8,18H,2,6,9-16H2,1H3,(H,21,25)/t18-/m1/s1. The third-order valence-electron chi connectivity index (χ3n) is 5.30. The zero-order valence-corrected chi connectivity index (χ0v) is 15.7. The predicted octanol–water partition coefficient (Wildman–Crippen LogP) is 0.931. The zero-order chi connectivity index (χ0) is 18.4. The van der Waals surface area contributed by atoms with Crippen molar-refractivity contribution in [2.24, 2.45) is 0 Å². The Bertz CT molecular complexity index is 599. The highest BCUT2D eigenvalue weighted by Crippen LogP contribution is 2.22. The van der Waals surface area contributed by atoms with Crippen LogP contribution in [0, 0.1) is 0 Å². The van der Waals surface area contributed by atoms with Gasteiger partial charge in [-0.15, -0.1) is 0 Å². The molecule has 0 saturated carbocycles. The van der Waals surface area contributed by atoms with E-state index in [1.807, 2.05) is 17.9 Å². The van der Waals surface area contributed by atoms with Crippen molar-refractivity contribution in [2.45, 2.75) is 32.4 Å². The summed E-state index contributed by atoms with van der Waals surface area (Å²) in [4.78, 5) is 31.2. The lowest BCUT2D eigenvalue weighted by atomic mass is 10.1. The van der Waals surface area contributed by atoms with E-state index in [4.69, 9.17) is 0 Å². The fourth-order valence-electron chi connectivity index (χ4n) is 3.91. The molecule has 26 heavy (non-hydrogen) atoms. The van der Waals surface area contributed by atoms with E-state index in [0.29, 0.717) is 26.2 Å². The van der Waals surface area contributed by atoms with E-state index < -0.39 is 0 Å². The van der Waals surface area contributed by atoms with Gasteiger partial charge in [0.2, 0.25) is 11.8 Å². The molecule has 2 heterocycles. The van der Waals surface area contributed by atoms with Gasteiger partial charge < -0.3 is 10.2 Å². The number of likely N-dealkylation sites (tertiary alicyclic amines) is 1. The maximum atomic E-state index is 13.0. The predicted molar refractivity (Wildman–Crippen MR) is 102 cm³/mol. The van der Waals surface area contributed by atoms with Crippen molar-refractivity contribution in [1.29, 1.82) is 0 Å². The molecule has 1 atom stereocenters. The lowest BCUT2D eigenvalue weighted by Gasteiger charge is -2.37. The van der Waals surface area contributed by atoms with Gasteiger partial charge in [0.15, 0.2) is 0 Å². The average Bonchev–Trinajstić information content (AvgIpc) is 3.11. The third-order valence-corrected chi connectivity index (χ3v) is 5.30. The van der Waals surface area contributed by atoms with Gasteiger partial charge in [0.25, 0.3) is 0 Å². The second-order valence-corrected chi connectivity index (χ2v) is 7.17. The minimum absolute atomic E-state index is 0.00476. The van der Waals surface area contributed by atoms with Gasteiger partial charge in [0, 0.05) is 39.3 Å². The Morgan fingerprint density at radius 2 is 1.81 bits per heavy atom. The summed E-state index contributed by atoms with van der Waals surface area (Å²) in [5, 5.41) is 2.83. The topological polar surface area (TPSA) is 55.9 Å². The van der Waals surface area contributed by atoms with E-state index in [-0.39, 0.29) is 17.9 Å². The van der Waals surface area contributed by atoms with Crippen molar-refractivity contribution in [3.8, 4) is 0 Å². The van der Waals surface area contributed by atoms with Gasteiger partial charge in [-0.05, 0) is 31.9 Å². The molecule has 2 aliphatic heterocycles. The number of carbonyl (C=O) groups is 2. The van der Waals surface area contributed by atoms with Crippen molar-refractivity contribution in [1.82, 2.24) is 20.0 Å². The summed E-state index contributed by atoms with van der Waals surface area (Å²) in [5.74, 6) is 0.327. The second kappa shape index (κ2) is 9.14. The molecule has 2 aliphatic rings. The van der Waals surface area contributed by atoms with E-state index in [1.165, 1.54) is 5.56 Å². The molecule has 1 N–H and O–H groups in total.